The molecule has 0 saturated carbocycles. The van der Waals surface area contributed by atoms with E-state index in [2.05, 4.69) is 68.5 Å². The van der Waals surface area contributed by atoms with Crippen LogP contribution in [0.4, 0.5) is 0 Å². The number of carbonyl (C=O) groups is 3. The van der Waals surface area contributed by atoms with Crippen molar-refractivity contribution < 1.29 is 38.2 Å². The van der Waals surface area contributed by atoms with Crippen molar-refractivity contribution in [3.8, 4) is 0 Å². The van der Waals surface area contributed by atoms with Crippen LogP contribution in [-0.2, 0) is 28.6 Å². The number of quaternary nitrogens is 1. The summed E-state index contributed by atoms with van der Waals surface area (Å²) in [6.45, 7) is 4.43. The minimum Gasteiger partial charge on any atom is -0.544 e. The van der Waals surface area contributed by atoms with Gasteiger partial charge in [0.15, 0.2) is 6.10 Å². The molecule has 0 radical (unpaired) electrons. The van der Waals surface area contributed by atoms with Gasteiger partial charge in [-0.1, -0.05) is 139 Å². The number of hydrogen-bond acceptors (Lipinski definition) is 7. The zero-order chi connectivity index (χ0) is 38.5. The van der Waals surface area contributed by atoms with Gasteiger partial charge in [0.2, 0.25) is 0 Å². The molecule has 0 bridgehead atoms. The molecule has 0 aliphatic carbocycles. The number of hydrogen-bond donors (Lipinski definition) is 0. The lowest BCUT2D eigenvalue weighted by Crippen LogP contribution is -2.55. The van der Waals surface area contributed by atoms with Crippen LogP contribution in [0, 0.1) is 0 Å². The second kappa shape index (κ2) is 35.1. The van der Waals surface area contributed by atoms with Crippen LogP contribution >= 0.6 is 0 Å². The molecule has 0 amide bonds. The first-order chi connectivity index (χ1) is 25.1. The van der Waals surface area contributed by atoms with E-state index in [1.165, 1.54) is 57.8 Å². The Balaban J connectivity index is 4.48. The fourth-order valence-electron chi connectivity index (χ4n) is 5.53. The zero-order valence-electron chi connectivity index (χ0n) is 33.7. The van der Waals surface area contributed by atoms with Gasteiger partial charge >= 0.3 is 11.9 Å². The van der Waals surface area contributed by atoms with Crippen molar-refractivity contribution in [1.82, 2.24) is 0 Å². The molecular weight excluding hydrogens is 654 g/mol. The van der Waals surface area contributed by atoms with Crippen molar-refractivity contribution in [2.24, 2.45) is 0 Å². The van der Waals surface area contributed by atoms with Gasteiger partial charge in [0, 0.05) is 19.3 Å². The molecule has 2 unspecified atom stereocenters. The number of ether oxygens (including phenoxy) is 3. The largest absolute Gasteiger partial charge is 0.544 e. The van der Waals surface area contributed by atoms with Crippen molar-refractivity contribution >= 4 is 17.9 Å². The van der Waals surface area contributed by atoms with Crippen molar-refractivity contribution in [2.45, 2.75) is 161 Å². The van der Waals surface area contributed by atoms with Gasteiger partial charge < -0.3 is 28.6 Å². The third kappa shape index (κ3) is 32.9. The molecule has 0 aromatic heterocycles. The monoisotopic (exact) mass is 730 g/mol. The third-order valence-electron chi connectivity index (χ3n) is 8.71. The summed E-state index contributed by atoms with van der Waals surface area (Å²) in [4.78, 5) is 36.7. The summed E-state index contributed by atoms with van der Waals surface area (Å²) in [5, 5.41) is 11.6. The van der Waals surface area contributed by atoms with Gasteiger partial charge in [0.05, 0.1) is 40.3 Å². The predicted octanol–water partition coefficient (Wildman–Crippen LogP) is 9.30. The molecule has 2 atom stereocenters. The molecule has 0 aromatic rings. The van der Waals surface area contributed by atoms with E-state index in [4.69, 9.17) is 14.2 Å². The normalized spacial score (nSPS) is 13.6. The highest BCUT2D eigenvalue weighted by Crippen LogP contribution is 2.12. The topological polar surface area (TPSA) is 102 Å². The molecule has 8 heteroatoms. The lowest BCUT2D eigenvalue weighted by Gasteiger charge is -2.34. The number of carbonyl (C=O) groups excluding carboxylic acids is 3. The summed E-state index contributed by atoms with van der Waals surface area (Å²) in [6, 6.07) is -0.737. The minimum atomic E-state index is -1.14. The molecular formula is C44H75NO7. The van der Waals surface area contributed by atoms with Gasteiger partial charge in [-0.25, -0.2) is 0 Å². The first kappa shape index (κ1) is 49.0. The van der Waals surface area contributed by atoms with Crippen LogP contribution in [-0.4, -0.2) is 75.5 Å². The van der Waals surface area contributed by atoms with Gasteiger partial charge in [-0.3, -0.25) is 9.59 Å². The maximum absolute atomic E-state index is 12.6. The summed E-state index contributed by atoms with van der Waals surface area (Å²) in [5.41, 5.74) is 0. The van der Waals surface area contributed by atoms with E-state index in [1.807, 2.05) is 6.08 Å². The Hall–Kier alpha value is -2.97. The Labute approximate surface area is 318 Å². The maximum Gasteiger partial charge on any atom is 0.306 e. The van der Waals surface area contributed by atoms with Gasteiger partial charge in [0.1, 0.15) is 12.6 Å². The molecule has 0 aromatic carbocycles. The van der Waals surface area contributed by atoms with Crippen LogP contribution in [0.1, 0.15) is 149 Å². The summed E-state index contributed by atoms with van der Waals surface area (Å²) in [7, 11) is 5.37. The number of likely N-dealkylation sites (N-methyl/N-ethyl adjacent to an activating group) is 1. The van der Waals surface area contributed by atoms with Gasteiger partial charge in [-0.15, -0.1) is 0 Å². The van der Waals surface area contributed by atoms with Gasteiger partial charge in [-0.2, -0.15) is 0 Å². The first-order valence-corrected chi connectivity index (χ1v) is 20.3. The van der Waals surface area contributed by atoms with Crippen LogP contribution in [0.25, 0.3) is 0 Å². The SMILES string of the molecule is CC/C=C/C=C/C=C/CCCCCCCCCC(=O)OCC(COCCC(C(=O)[O-])[N+](C)(C)C)OC(=O)CC/C=C/C/C=C/CCCCCCCC. The Morgan fingerprint density at radius 1 is 0.615 bits per heavy atom. The van der Waals surface area contributed by atoms with Crippen molar-refractivity contribution in [1.29, 1.82) is 0 Å². The van der Waals surface area contributed by atoms with Crippen LogP contribution in [0.3, 0.4) is 0 Å². The van der Waals surface area contributed by atoms with E-state index in [0.717, 1.165) is 51.4 Å². The lowest BCUT2D eigenvalue weighted by molar-refractivity contribution is -0.889. The fourth-order valence-corrected chi connectivity index (χ4v) is 5.53. The summed E-state index contributed by atoms with van der Waals surface area (Å²) < 4.78 is 17.0. The van der Waals surface area contributed by atoms with Crippen molar-refractivity contribution in [2.75, 3.05) is 41.0 Å². The number of esters is 2. The number of allylic oxidation sites excluding steroid dienone is 10. The molecule has 0 heterocycles. The molecule has 0 N–H and O–H groups in total. The van der Waals surface area contributed by atoms with Crippen LogP contribution < -0.4 is 5.11 Å². The molecule has 52 heavy (non-hydrogen) atoms. The molecule has 0 rings (SSSR count). The van der Waals surface area contributed by atoms with E-state index in [1.54, 1.807) is 21.1 Å². The second-order valence-corrected chi connectivity index (χ2v) is 14.5. The van der Waals surface area contributed by atoms with E-state index in [9.17, 15) is 19.5 Å². The quantitative estimate of drug-likeness (QED) is 0.0211. The van der Waals surface area contributed by atoms with Crippen molar-refractivity contribution in [3.63, 3.8) is 0 Å². The molecule has 8 nitrogen and oxygen atoms in total. The average Bonchev–Trinajstić information content (AvgIpc) is 3.09. The van der Waals surface area contributed by atoms with Gasteiger partial charge in [0.25, 0.3) is 0 Å². The number of aliphatic carboxylic acids is 1. The number of carboxylic acids is 1. The summed E-state index contributed by atoms with van der Waals surface area (Å²) in [6.07, 6.45) is 41.1. The smallest absolute Gasteiger partial charge is 0.306 e. The van der Waals surface area contributed by atoms with E-state index in [-0.39, 0.29) is 49.1 Å². The highest BCUT2D eigenvalue weighted by Gasteiger charge is 2.25. The summed E-state index contributed by atoms with van der Waals surface area (Å²) in [5.74, 6) is -1.84. The standard InChI is InChI=1S/C44H75NO7/c1-6-8-10-12-14-16-18-20-21-23-24-26-28-30-32-34-42(46)51-39-40(38-50-37-36-41(44(48)49)45(3,4)5)52-43(47)35-33-31-29-27-25-22-19-17-15-13-11-9-7-2/h8,10,12,14,16,18,22,25,29,31,40-41H,6-7,9,11,13,15,17,19-21,23-24,26-28,30,32-39H2,1-5H3/b10-8+,14-12+,18-16+,25-22+,31-29+. The fraction of sp³-hybridized carbons (Fsp3) is 0.705. The molecule has 298 valence electrons. The van der Waals surface area contributed by atoms with E-state index >= 15 is 0 Å². The Morgan fingerprint density at radius 3 is 1.81 bits per heavy atom. The minimum absolute atomic E-state index is 0.0119. The van der Waals surface area contributed by atoms with Crippen molar-refractivity contribution in [3.05, 3.63) is 60.8 Å². The zero-order valence-corrected chi connectivity index (χ0v) is 33.7. The highest BCUT2D eigenvalue weighted by molar-refractivity contribution is 5.70. The number of nitrogens with zero attached hydrogens (tertiary/aromatic N) is 1. The second-order valence-electron chi connectivity index (χ2n) is 14.5. The molecule has 0 aliphatic rings. The molecule has 0 saturated heterocycles. The molecule has 0 spiro atoms. The first-order valence-electron chi connectivity index (χ1n) is 20.3. The summed E-state index contributed by atoms with van der Waals surface area (Å²) >= 11 is 0. The van der Waals surface area contributed by atoms with Crippen LogP contribution in [0.2, 0.25) is 0 Å². The molecule has 0 fully saturated rings. The van der Waals surface area contributed by atoms with Crippen LogP contribution in [0.5, 0.6) is 0 Å². The van der Waals surface area contributed by atoms with Crippen LogP contribution in [0.15, 0.2) is 60.8 Å². The Bertz CT molecular complexity index is 1040. The number of rotatable bonds is 35. The Kier molecular flexibility index (Phi) is 33.1. The number of unbranched alkanes of at least 4 members (excludes halogenated alkanes) is 13. The van der Waals surface area contributed by atoms with E-state index < -0.39 is 18.1 Å². The number of carboxylic acid groups (broad SMARTS) is 1. The highest BCUT2D eigenvalue weighted by atomic mass is 16.6. The maximum atomic E-state index is 12.6. The third-order valence-corrected chi connectivity index (χ3v) is 8.71. The van der Waals surface area contributed by atoms with E-state index in [0.29, 0.717) is 12.8 Å². The lowest BCUT2D eigenvalue weighted by atomic mass is 10.1. The Morgan fingerprint density at radius 2 is 1.19 bits per heavy atom. The predicted molar refractivity (Wildman–Crippen MR) is 212 cm³/mol. The average molecular weight is 730 g/mol. The van der Waals surface area contributed by atoms with Gasteiger partial charge in [-0.05, 0) is 51.4 Å². The molecule has 0 aliphatic heterocycles.